The summed E-state index contributed by atoms with van der Waals surface area (Å²) in [4.78, 5) is 41.1. The Hall–Kier alpha value is -2.38. The van der Waals surface area contributed by atoms with Gasteiger partial charge in [-0.05, 0) is 54.0 Å². The van der Waals surface area contributed by atoms with Crippen LogP contribution in [0, 0.1) is 11.8 Å². The van der Waals surface area contributed by atoms with Crippen molar-refractivity contribution in [2.24, 2.45) is 11.8 Å². The van der Waals surface area contributed by atoms with Crippen molar-refractivity contribution in [1.82, 2.24) is 14.0 Å². The number of likely N-dealkylation sites (tertiary alicyclic amines) is 1. The number of piperidine rings is 1. The van der Waals surface area contributed by atoms with Crippen LogP contribution in [0.25, 0.3) is 15.9 Å². The molecule has 1 fully saturated rings. The van der Waals surface area contributed by atoms with E-state index >= 15 is 0 Å². The minimum atomic E-state index is -0.519. The molecule has 152 valence electrons. The third-order valence-electron chi connectivity index (χ3n) is 5.35. The van der Waals surface area contributed by atoms with E-state index in [2.05, 4.69) is 13.8 Å². The second kappa shape index (κ2) is 7.80. The average Bonchev–Trinajstić information content (AvgIpc) is 3.16. The van der Waals surface area contributed by atoms with Crippen molar-refractivity contribution in [2.45, 2.75) is 26.8 Å². The van der Waals surface area contributed by atoms with Gasteiger partial charge in [-0.15, -0.1) is 11.3 Å². The summed E-state index contributed by atoms with van der Waals surface area (Å²) < 4.78 is 2.98. The summed E-state index contributed by atoms with van der Waals surface area (Å²) in [5.74, 6) is 0.770. The Labute approximate surface area is 176 Å². The van der Waals surface area contributed by atoms with Gasteiger partial charge in [-0.2, -0.15) is 0 Å². The number of nitrogens with zero attached hydrogens (tertiary/aromatic N) is 3. The lowest BCUT2D eigenvalue weighted by molar-refractivity contribution is -0.134. The molecule has 0 radical (unpaired) electrons. The topological polar surface area (TPSA) is 64.3 Å². The number of fused-ring (bicyclic) bond motifs is 1. The van der Waals surface area contributed by atoms with Crippen molar-refractivity contribution < 1.29 is 4.79 Å². The monoisotopic (exact) mass is 431 g/mol. The van der Waals surface area contributed by atoms with Crippen LogP contribution in [0.15, 0.2) is 45.3 Å². The normalized spacial score (nSPS) is 19.6. The number of aromatic nitrogens is 2. The Morgan fingerprint density at radius 1 is 1.10 bits per heavy atom. The van der Waals surface area contributed by atoms with E-state index < -0.39 is 5.69 Å². The minimum absolute atomic E-state index is 0.0840. The molecule has 8 heteroatoms. The summed E-state index contributed by atoms with van der Waals surface area (Å²) in [6.07, 6.45) is 1.10. The van der Waals surface area contributed by atoms with Crippen LogP contribution in [0.5, 0.6) is 0 Å². The van der Waals surface area contributed by atoms with Gasteiger partial charge in [0.05, 0.1) is 11.2 Å². The maximum absolute atomic E-state index is 13.3. The van der Waals surface area contributed by atoms with Crippen molar-refractivity contribution in [2.75, 3.05) is 13.1 Å². The second-order valence-corrected chi connectivity index (χ2v) is 9.22. The standard InChI is InChI=1S/C21H22ClN3O3S/c1-13-9-14(2)11-23(10-13)18(26)12-24-17-7-8-29-19(17)20(27)25(21(24)28)16-5-3-15(22)4-6-16/h3-8,13-14H,9-12H2,1-2H3/t13-,14-/m1/s1. The fourth-order valence-corrected chi connectivity index (χ4v) is 5.11. The Morgan fingerprint density at radius 3 is 2.41 bits per heavy atom. The number of benzene rings is 1. The maximum atomic E-state index is 13.3. The van der Waals surface area contributed by atoms with Crippen LogP contribution in [-0.2, 0) is 11.3 Å². The maximum Gasteiger partial charge on any atom is 0.336 e. The molecular formula is C21H22ClN3O3S. The third-order valence-corrected chi connectivity index (χ3v) is 6.50. The van der Waals surface area contributed by atoms with Gasteiger partial charge in [0.2, 0.25) is 5.91 Å². The SMILES string of the molecule is C[C@@H]1C[C@@H](C)CN(C(=O)Cn2c(=O)n(-c3ccc(Cl)cc3)c(=O)c3sccc32)C1. The molecule has 1 saturated heterocycles. The quantitative estimate of drug-likeness (QED) is 0.638. The second-order valence-electron chi connectivity index (χ2n) is 7.87. The summed E-state index contributed by atoms with van der Waals surface area (Å²) in [7, 11) is 0. The molecule has 4 rings (SSSR count). The number of halogens is 1. The van der Waals surface area contributed by atoms with E-state index in [1.165, 1.54) is 15.9 Å². The van der Waals surface area contributed by atoms with Gasteiger partial charge in [0.15, 0.2) is 0 Å². The van der Waals surface area contributed by atoms with Crippen LogP contribution in [0.2, 0.25) is 5.02 Å². The highest BCUT2D eigenvalue weighted by molar-refractivity contribution is 7.17. The van der Waals surface area contributed by atoms with E-state index in [1.54, 1.807) is 35.7 Å². The van der Waals surface area contributed by atoms with Gasteiger partial charge in [-0.25, -0.2) is 9.36 Å². The Kier molecular flexibility index (Phi) is 5.36. The molecule has 29 heavy (non-hydrogen) atoms. The lowest BCUT2D eigenvalue weighted by Gasteiger charge is -2.35. The molecular weight excluding hydrogens is 410 g/mol. The van der Waals surface area contributed by atoms with E-state index in [0.29, 0.717) is 45.9 Å². The zero-order valence-electron chi connectivity index (χ0n) is 16.3. The summed E-state index contributed by atoms with van der Waals surface area (Å²) in [6, 6.07) is 8.25. The van der Waals surface area contributed by atoms with Gasteiger partial charge in [0.1, 0.15) is 11.2 Å². The molecule has 0 N–H and O–H groups in total. The number of rotatable bonds is 3. The molecule has 3 heterocycles. The number of carbonyl (C=O) groups excluding carboxylic acids is 1. The first-order valence-electron chi connectivity index (χ1n) is 9.62. The van der Waals surface area contributed by atoms with Crippen molar-refractivity contribution in [3.63, 3.8) is 0 Å². The highest BCUT2D eigenvalue weighted by atomic mass is 35.5. The number of thiophene rings is 1. The molecule has 1 amide bonds. The van der Waals surface area contributed by atoms with Gasteiger partial charge in [0.25, 0.3) is 5.56 Å². The van der Waals surface area contributed by atoms with Crippen molar-refractivity contribution in [3.05, 3.63) is 61.6 Å². The van der Waals surface area contributed by atoms with Crippen LogP contribution < -0.4 is 11.2 Å². The largest absolute Gasteiger partial charge is 0.341 e. The molecule has 1 aromatic carbocycles. The lowest BCUT2D eigenvalue weighted by atomic mass is 9.92. The van der Waals surface area contributed by atoms with Gasteiger partial charge in [-0.1, -0.05) is 25.4 Å². The summed E-state index contributed by atoms with van der Waals surface area (Å²) in [5.41, 5.74) is 0.0312. The van der Waals surface area contributed by atoms with Crippen molar-refractivity contribution in [1.29, 1.82) is 0 Å². The van der Waals surface area contributed by atoms with E-state index in [1.807, 2.05) is 4.90 Å². The molecule has 6 nitrogen and oxygen atoms in total. The van der Waals surface area contributed by atoms with Gasteiger partial charge in [0, 0.05) is 18.1 Å². The van der Waals surface area contributed by atoms with Gasteiger partial charge in [-0.3, -0.25) is 14.2 Å². The third kappa shape index (κ3) is 3.76. The molecule has 0 unspecified atom stereocenters. The van der Waals surface area contributed by atoms with E-state index in [0.717, 1.165) is 11.0 Å². The zero-order valence-corrected chi connectivity index (χ0v) is 17.9. The molecule has 0 saturated carbocycles. The zero-order chi connectivity index (χ0) is 20.7. The Morgan fingerprint density at radius 2 is 1.76 bits per heavy atom. The average molecular weight is 432 g/mol. The van der Waals surface area contributed by atoms with E-state index in [-0.39, 0.29) is 18.0 Å². The molecule has 0 aliphatic carbocycles. The predicted molar refractivity (Wildman–Crippen MR) is 116 cm³/mol. The molecule has 1 aliphatic rings. The Bertz CT molecular complexity index is 1170. The van der Waals surface area contributed by atoms with Crippen molar-refractivity contribution >= 4 is 39.1 Å². The predicted octanol–water partition coefficient (Wildman–Crippen LogP) is 3.37. The fourth-order valence-electron chi connectivity index (χ4n) is 4.16. The van der Waals surface area contributed by atoms with Crippen LogP contribution in [0.3, 0.4) is 0 Å². The molecule has 0 spiro atoms. The highest BCUT2D eigenvalue weighted by Crippen LogP contribution is 2.22. The summed E-state index contributed by atoms with van der Waals surface area (Å²) in [5, 5.41) is 2.28. The minimum Gasteiger partial charge on any atom is -0.341 e. The number of carbonyl (C=O) groups is 1. The molecule has 2 aromatic heterocycles. The van der Waals surface area contributed by atoms with Crippen LogP contribution in [0.4, 0.5) is 0 Å². The lowest BCUT2D eigenvalue weighted by Crippen LogP contribution is -2.46. The first-order chi connectivity index (χ1) is 13.8. The Balaban J connectivity index is 1.79. The first-order valence-corrected chi connectivity index (χ1v) is 10.9. The summed E-state index contributed by atoms with van der Waals surface area (Å²) >= 11 is 7.22. The van der Waals surface area contributed by atoms with Gasteiger partial charge >= 0.3 is 5.69 Å². The number of amides is 1. The van der Waals surface area contributed by atoms with Gasteiger partial charge < -0.3 is 4.90 Å². The molecule has 3 aromatic rings. The number of hydrogen-bond donors (Lipinski definition) is 0. The van der Waals surface area contributed by atoms with Crippen LogP contribution >= 0.6 is 22.9 Å². The first kappa shape index (κ1) is 19.9. The summed E-state index contributed by atoms with van der Waals surface area (Å²) in [6.45, 7) is 5.59. The molecule has 2 atom stereocenters. The molecule has 0 bridgehead atoms. The fraction of sp³-hybridized carbons (Fsp3) is 0.381. The number of hydrogen-bond acceptors (Lipinski definition) is 4. The molecule has 1 aliphatic heterocycles. The van der Waals surface area contributed by atoms with E-state index in [9.17, 15) is 14.4 Å². The van der Waals surface area contributed by atoms with E-state index in [4.69, 9.17) is 11.6 Å². The van der Waals surface area contributed by atoms with Crippen LogP contribution in [-0.4, -0.2) is 33.0 Å². The highest BCUT2D eigenvalue weighted by Gasteiger charge is 2.26. The van der Waals surface area contributed by atoms with Crippen LogP contribution in [0.1, 0.15) is 20.3 Å². The smallest absolute Gasteiger partial charge is 0.336 e. The van der Waals surface area contributed by atoms with Crippen molar-refractivity contribution in [3.8, 4) is 5.69 Å².